The average molecular weight is 301 g/mol. The van der Waals surface area contributed by atoms with Crippen molar-refractivity contribution in [2.24, 2.45) is 5.92 Å². The second-order valence-corrected chi connectivity index (χ2v) is 6.73. The molecule has 1 aromatic heterocycles. The third-order valence-corrected chi connectivity index (χ3v) is 4.98. The Morgan fingerprint density at radius 2 is 1.95 bits per heavy atom. The summed E-state index contributed by atoms with van der Waals surface area (Å²) in [5.74, 6) is -1.58. The maximum atomic E-state index is 12.3. The first kappa shape index (κ1) is 14.9. The number of aliphatic carboxylic acids is 1. The fourth-order valence-corrected chi connectivity index (χ4v) is 3.73. The van der Waals surface area contributed by atoms with E-state index in [1.54, 1.807) is 13.8 Å². The standard InChI is InChI=1S/C12H19N3O4S/c1-9-5-6-10(2)15(9)13-20(18,19)14-7-3-4-11(8-14)12(16)17/h5-6,11,13H,3-4,7-8H2,1-2H3,(H,16,17). The minimum absolute atomic E-state index is 0.0179. The molecule has 0 aliphatic carbocycles. The third kappa shape index (κ3) is 2.96. The molecule has 1 saturated heterocycles. The van der Waals surface area contributed by atoms with E-state index in [4.69, 9.17) is 5.11 Å². The van der Waals surface area contributed by atoms with Crippen molar-refractivity contribution >= 4 is 16.2 Å². The number of piperidine rings is 1. The van der Waals surface area contributed by atoms with Crippen LogP contribution < -0.4 is 4.83 Å². The van der Waals surface area contributed by atoms with E-state index in [1.165, 1.54) is 8.98 Å². The van der Waals surface area contributed by atoms with Gasteiger partial charge in [0.25, 0.3) is 0 Å². The van der Waals surface area contributed by atoms with Gasteiger partial charge in [-0.05, 0) is 38.8 Å². The van der Waals surface area contributed by atoms with E-state index in [1.807, 2.05) is 12.1 Å². The normalized spacial score (nSPS) is 20.8. The van der Waals surface area contributed by atoms with Gasteiger partial charge >= 0.3 is 16.2 Å². The number of rotatable bonds is 4. The SMILES string of the molecule is Cc1ccc(C)n1NS(=O)(=O)N1CCCC(C(=O)O)C1. The third-order valence-electron chi connectivity index (χ3n) is 3.55. The first-order valence-corrected chi connectivity index (χ1v) is 7.91. The molecule has 7 nitrogen and oxygen atoms in total. The lowest BCUT2D eigenvalue weighted by Crippen LogP contribution is -2.46. The molecule has 112 valence electrons. The molecule has 1 unspecified atom stereocenters. The van der Waals surface area contributed by atoms with Crippen molar-refractivity contribution in [3.8, 4) is 0 Å². The minimum Gasteiger partial charge on any atom is -0.481 e. The second-order valence-electron chi connectivity index (χ2n) is 5.08. The summed E-state index contributed by atoms with van der Waals surface area (Å²) in [5.41, 5.74) is 1.55. The Morgan fingerprint density at radius 3 is 2.50 bits per heavy atom. The Hall–Kier alpha value is -1.54. The first-order valence-electron chi connectivity index (χ1n) is 6.47. The van der Waals surface area contributed by atoms with Crippen LogP contribution in [0, 0.1) is 19.8 Å². The molecule has 1 aliphatic heterocycles. The molecule has 1 aliphatic rings. The molecule has 2 rings (SSSR count). The molecule has 1 aromatic rings. The van der Waals surface area contributed by atoms with Crippen molar-refractivity contribution in [3.05, 3.63) is 23.5 Å². The molecule has 0 saturated carbocycles. The second kappa shape index (κ2) is 5.45. The minimum atomic E-state index is -3.73. The van der Waals surface area contributed by atoms with Crippen molar-refractivity contribution in [3.63, 3.8) is 0 Å². The highest BCUT2D eigenvalue weighted by Gasteiger charge is 2.32. The van der Waals surface area contributed by atoms with Gasteiger partial charge in [-0.25, -0.2) is 4.83 Å². The van der Waals surface area contributed by atoms with Gasteiger partial charge < -0.3 is 5.11 Å². The van der Waals surface area contributed by atoms with Crippen molar-refractivity contribution in [1.82, 2.24) is 8.98 Å². The average Bonchev–Trinajstić information content (AvgIpc) is 2.70. The highest BCUT2D eigenvalue weighted by molar-refractivity contribution is 7.90. The summed E-state index contributed by atoms with van der Waals surface area (Å²) >= 11 is 0. The molecular formula is C12H19N3O4S. The Bertz CT molecular complexity index is 589. The van der Waals surface area contributed by atoms with E-state index in [-0.39, 0.29) is 6.54 Å². The maximum absolute atomic E-state index is 12.3. The molecule has 0 aromatic carbocycles. The Balaban J connectivity index is 2.16. The van der Waals surface area contributed by atoms with Crippen molar-refractivity contribution in [2.45, 2.75) is 26.7 Å². The molecule has 20 heavy (non-hydrogen) atoms. The summed E-state index contributed by atoms with van der Waals surface area (Å²) in [5, 5.41) is 9.02. The van der Waals surface area contributed by atoms with Crippen LogP contribution in [0.2, 0.25) is 0 Å². The number of carboxylic acid groups (broad SMARTS) is 1. The molecule has 0 amide bonds. The highest BCUT2D eigenvalue weighted by atomic mass is 32.2. The topological polar surface area (TPSA) is 91.6 Å². The molecule has 0 bridgehead atoms. The summed E-state index contributed by atoms with van der Waals surface area (Å²) in [6.07, 6.45) is 1.07. The zero-order valence-electron chi connectivity index (χ0n) is 11.5. The van der Waals surface area contributed by atoms with Crippen LogP contribution in [0.3, 0.4) is 0 Å². The van der Waals surface area contributed by atoms with Crippen molar-refractivity contribution < 1.29 is 18.3 Å². The van der Waals surface area contributed by atoms with Gasteiger partial charge in [-0.15, -0.1) is 0 Å². The van der Waals surface area contributed by atoms with Crippen LogP contribution in [0.25, 0.3) is 0 Å². The lowest BCUT2D eigenvalue weighted by Gasteiger charge is -2.30. The van der Waals surface area contributed by atoms with E-state index in [0.717, 1.165) is 11.4 Å². The molecule has 2 heterocycles. The van der Waals surface area contributed by atoms with E-state index < -0.39 is 22.1 Å². The number of nitrogens with one attached hydrogen (secondary N) is 1. The fraction of sp³-hybridized carbons (Fsp3) is 0.583. The molecule has 0 radical (unpaired) electrons. The van der Waals surface area contributed by atoms with Gasteiger partial charge in [0.15, 0.2) is 0 Å². The Morgan fingerprint density at radius 1 is 1.35 bits per heavy atom. The zero-order valence-corrected chi connectivity index (χ0v) is 12.4. The highest BCUT2D eigenvalue weighted by Crippen LogP contribution is 2.19. The summed E-state index contributed by atoms with van der Waals surface area (Å²) in [4.78, 5) is 13.5. The van der Waals surface area contributed by atoms with E-state index in [9.17, 15) is 13.2 Å². The van der Waals surface area contributed by atoms with Crippen molar-refractivity contribution in [2.75, 3.05) is 17.9 Å². The monoisotopic (exact) mass is 301 g/mol. The number of carboxylic acids is 1. The van der Waals surface area contributed by atoms with Gasteiger partial charge in [-0.3, -0.25) is 9.47 Å². The quantitative estimate of drug-likeness (QED) is 0.856. The van der Waals surface area contributed by atoms with Crippen LogP contribution in [-0.2, 0) is 15.0 Å². The largest absolute Gasteiger partial charge is 0.481 e. The molecular weight excluding hydrogens is 282 g/mol. The number of carbonyl (C=O) groups is 1. The van der Waals surface area contributed by atoms with Gasteiger partial charge in [0.2, 0.25) is 0 Å². The summed E-state index contributed by atoms with van der Waals surface area (Å²) in [6, 6.07) is 3.63. The summed E-state index contributed by atoms with van der Waals surface area (Å²) < 4.78 is 27.3. The number of hydrogen-bond donors (Lipinski definition) is 2. The molecule has 0 spiro atoms. The van der Waals surface area contributed by atoms with E-state index in [0.29, 0.717) is 19.4 Å². The van der Waals surface area contributed by atoms with Gasteiger partial charge in [0.05, 0.1) is 5.92 Å². The van der Waals surface area contributed by atoms with Gasteiger partial charge in [0, 0.05) is 24.5 Å². The lowest BCUT2D eigenvalue weighted by molar-refractivity contribution is -0.142. The van der Waals surface area contributed by atoms with E-state index >= 15 is 0 Å². The van der Waals surface area contributed by atoms with Crippen LogP contribution in [-0.4, -0.2) is 41.6 Å². The van der Waals surface area contributed by atoms with Crippen LogP contribution in [0.1, 0.15) is 24.2 Å². The van der Waals surface area contributed by atoms with Gasteiger partial charge in [-0.2, -0.15) is 12.7 Å². The fourth-order valence-electron chi connectivity index (χ4n) is 2.35. The molecule has 1 fully saturated rings. The van der Waals surface area contributed by atoms with Crippen molar-refractivity contribution in [1.29, 1.82) is 0 Å². The molecule has 8 heteroatoms. The predicted molar refractivity (Wildman–Crippen MR) is 74.1 cm³/mol. The maximum Gasteiger partial charge on any atom is 0.315 e. The Kier molecular flexibility index (Phi) is 4.05. The number of nitrogens with zero attached hydrogens (tertiary/aromatic N) is 2. The van der Waals surface area contributed by atoms with Crippen LogP contribution in [0.4, 0.5) is 0 Å². The van der Waals surface area contributed by atoms with Crippen LogP contribution in [0.5, 0.6) is 0 Å². The Labute approximate surface area is 118 Å². The van der Waals surface area contributed by atoms with Crippen LogP contribution in [0.15, 0.2) is 12.1 Å². The van der Waals surface area contributed by atoms with Gasteiger partial charge in [-0.1, -0.05) is 0 Å². The molecule has 1 atom stereocenters. The van der Waals surface area contributed by atoms with E-state index in [2.05, 4.69) is 4.83 Å². The lowest BCUT2D eigenvalue weighted by atomic mass is 10.0. The number of hydrogen-bond acceptors (Lipinski definition) is 3. The first-order chi connectivity index (χ1) is 9.31. The molecule has 2 N–H and O–H groups in total. The van der Waals surface area contributed by atoms with Crippen LogP contribution >= 0.6 is 0 Å². The van der Waals surface area contributed by atoms with Gasteiger partial charge in [0.1, 0.15) is 0 Å². The summed E-state index contributed by atoms with van der Waals surface area (Å²) in [7, 11) is -3.73. The summed E-state index contributed by atoms with van der Waals surface area (Å²) in [6.45, 7) is 3.96. The number of aryl methyl sites for hydroxylation is 2. The smallest absolute Gasteiger partial charge is 0.315 e. The predicted octanol–water partition coefficient (Wildman–Crippen LogP) is 0.690. The number of aromatic nitrogens is 1. The zero-order chi connectivity index (χ0) is 14.9.